The first-order valence-corrected chi connectivity index (χ1v) is 8.36. The third-order valence-electron chi connectivity index (χ3n) is 3.72. The molecule has 1 aliphatic heterocycles. The molecule has 0 saturated heterocycles. The quantitative estimate of drug-likeness (QED) is 0.802. The minimum atomic E-state index is -0.569. The average molecular weight is 398 g/mol. The number of hydrogen-bond acceptors (Lipinski definition) is 3. The second-order valence-electron chi connectivity index (χ2n) is 5.41. The zero-order valence-corrected chi connectivity index (χ0v) is 15.0. The lowest BCUT2D eigenvalue weighted by Gasteiger charge is -2.13. The van der Waals surface area contributed by atoms with Crippen molar-refractivity contribution in [2.75, 3.05) is 6.54 Å². The van der Waals surface area contributed by atoms with E-state index >= 15 is 0 Å². The third kappa shape index (κ3) is 3.63. The molecular formula is C17H11Cl3N2O3. The van der Waals surface area contributed by atoms with Gasteiger partial charge in [0.15, 0.2) is 0 Å². The predicted molar refractivity (Wildman–Crippen MR) is 95.1 cm³/mol. The molecule has 1 heterocycles. The van der Waals surface area contributed by atoms with Gasteiger partial charge in [-0.3, -0.25) is 19.3 Å². The number of nitrogens with zero attached hydrogens (tertiary/aromatic N) is 1. The maximum atomic E-state index is 12.3. The summed E-state index contributed by atoms with van der Waals surface area (Å²) < 4.78 is 0. The van der Waals surface area contributed by atoms with Gasteiger partial charge in [-0.05, 0) is 29.8 Å². The summed E-state index contributed by atoms with van der Waals surface area (Å²) in [5, 5.41) is 3.60. The zero-order valence-electron chi connectivity index (χ0n) is 12.7. The van der Waals surface area contributed by atoms with Crippen LogP contribution in [0.1, 0.15) is 26.3 Å². The van der Waals surface area contributed by atoms with Crippen molar-refractivity contribution in [3.8, 4) is 0 Å². The lowest BCUT2D eigenvalue weighted by molar-refractivity contribution is -0.121. The van der Waals surface area contributed by atoms with Crippen LogP contribution in [0, 0.1) is 0 Å². The van der Waals surface area contributed by atoms with Crippen molar-refractivity contribution in [3.63, 3.8) is 0 Å². The Kier molecular flexibility index (Phi) is 4.99. The van der Waals surface area contributed by atoms with Crippen LogP contribution in [0.3, 0.4) is 0 Å². The molecule has 0 unspecified atom stereocenters. The summed E-state index contributed by atoms with van der Waals surface area (Å²) in [5.41, 5.74) is 1.13. The van der Waals surface area contributed by atoms with E-state index in [1.54, 1.807) is 24.3 Å². The molecule has 2 aromatic carbocycles. The largest absolute Gasteiger partial charge is 0.350 e. The molecule has 2 aromatic rings. The molecule has 0 atom stereocenters. The van der Waals surface area contributed by atoms with Crippen molar-refractivity contribution in [1.82, 2.24) is 10.2 Å². The van der Waals surface area contributed by atoms with Gasteiger partial charge in [0.2, 0.25) is 5.91 Å². The van der Waals surface area contributed by atoms with E-state index in [0.29, 0.717) is 5.02 Å². The molecule has 128 valence electrons. The van der Waals surface area contributed by atoms with E-state index in [1.165, 1.54) is 12.1 Å². The lowest BCUT2D eigenvalue weighted by Crippen LogP contribution is -2.40. The summed E-state index contributed by atoms with van der Waals surface area (Å²) in [6.45, 7) is -0.119. The number of benzene rings is 2. The van der Waals surface area contributed by atoms with Crippen LogP contribution >= 0.6 is 34.8 Å². The SMILES string of the molecule is O=C(CN1C(=O)c2cc(Cl)c(Cl)cc2C1=O)NCc1ccc(Cl)cc1. The average Bonchev–Trinajstić information content (AvgIpc) is 2.80. The van der Waals surface area contributed by atoms with Crippen LogP contribution in [-0.4, -0.2) is 29.2 Å². The molecule has 0 bridgehead atoms. The van der Waals surface area contributed by atoms with E-state index in [0.717, 1.165) is 10.5 Å². The van der Waals surface area contributed by atoms with Crippen molar-refractivity contribution in [2.45, 2.75) is 6.54 Å². The normalized spacial score (nSPS) is 13.2. The van der Waals surface area contributed by atoms with Crippen molar-refractivity contribution < 1.29 is 14.4 Å². The Morgan fingerprint density at radius 2 is 1.44 bits per heavy atom. The van der Waals surface area contributed by atoms with Gasteiger partial charge in [0, 0.05) is 11.6 Å². The van der Waals surface area contributed by atoms with Crippen LogP contribution < -0.4 is 5.32 Å². The molecule has 1 aliphatic rings. The molecule has 5 nitrogen and oxygen atoms in total. The molecule has 3 rings (SSSR count). The van der Waals surface area contributed by atoms with Crippen LogP contribution in [0.25, 0.3) is 0 Å². The minimum absolute atomic E-state index is 0.143. The number of halogens is 3. The van der Waals surface area contributed by atoms with Crippen molar-refractivity contribution in [3.05, 3.63) is 68.2 Å². The highest BCUT2D eigenvalue weighted by Gasteiger charge is 2.37. The number of imide groups is 1. The fourth-order valence-corrected chi connectivity index (χ4v) is 2.88. The maximum Gasteiger partial charge on any atom is 0.262 e. The molecule has 0 radical (unpaired) electrons. The van der Waals surface area contributed by atoms with Crippen LogP contribution in [0.15, 0.2) is 36.4 Å². The van der Waals surface area contributed by atoms with Crippen molar-refractivity contribution in [1.29, 1.82) is 0 Å². The first kappa shape index (κ1) is 17.7. The van der Waals surface area contributed by atoms with E-state index < -0.39 is 17.7 Å². The molecule has 0 saturated carbocycles. The molecule has 8 heteroatoms. The number of fused-ring (bicyclic) bond motifs is 1. The lowest BCUT2D eigenvalue weighted by atomic mass is 10.1. The van der Waals surface area contributed by atoms with Gasteiger partial charge >= 0.3 is 0 Å². The first-order chi connectivity index (χ1) is 11.9. The summed E-state index contributed by atoms with van der Waals surface area (Å²) in [6, 6.07) is 9.64. The molecule has 25 heavy (non-hydrogen) atoms. The molecule has 0 spiro atoms. The molecular weight excluding hydrogens is 387 g/mol. The van der Waals surface area contributed by atoms with Crippen molar-refractivity contribution >= 4 is 52.5 Å². The van der Waals surface area contributed by atoms with Gasteiger partial charge < -0.3 is 5.32 Å². The summed E-state index contributed by atoms with van der Waals surface area (Å²) in [4.78, 5) is 37.6. The van der Waals surface area contributed by atoms with Gasteiger partial charge in [-0.25, -0.2) is 0 Å². The second-order valence-corrected chi connectivity index (χ2v) is 6.66. The topological polar surface area (TPSA) is 66.5 Å². The monoisotopic (exact) mass is 396 g/mol. The van der Waals surface area contributed by atoms with E-state index in [4.69, 9.17) is 34.8 Å². The molecule has 0 aliphatic carbocycles. The smallest absolute Gasteiger partial charge is 0.262 e. The fourth-order valence-electron chi connectivity index (χ4n) is 2.43. The second kappa shape index (κ2) is 7.04. The number of rotatable bonds is 4. The molecule has 1 N–H and O–H groups in total. The Morgan fingerprint density at radius 1 is 0.920 bits per heavy atom. The first-order valence-electron chi connectivity index (χ1n) is 7.23. The van der Waals surface area contributed by atoms with E-state index in [1.807, 2.05) is 0 Å². The summed E-state index contributed by atoms with van der Waals surface area (Å²) in [5.74, 6) is -1.60. The third-order valence-corrected chi connectivity index (χ3v) is 4.69. The highest BCUT2D eigenvalue weighted by molar-refractivity contribution is 6.43. The molecule has 3 amide bonds. The Bertz CT molecular complexity index is 840. The van der Waals surface area contributed by atoms with Crippen LogP contribution in [0.5, 0.6) is 0 Å². The fraction of sp³-hybridized carbons (Fsp3) is 0.118. The highest BCUT2D eigenvalue weighted by atomic mass is 35.5. The standard InChI is InChI=1S/C17H11Cl3N2O3/c18-10-3-1-9(2-4-10)7-21-15(23)8-22-16(24)11-5-13(19)14(20)6-12(11)17(22)25/h1-6H,7-8H2,(H,21,23). The Labute approximate surface area is 158 Å². The van der Waals surface area contributed by atoms with Gasteiger partial charge in [-0.15, -0.1) is 0 Å². The molecule has 0 fully saturated rings. The zero-order chi connectivity index (χ0) is 18.1. The summed E-state index contributed by atoms with van der Waals surface area (Å²) in [7, 11) is 0. The number of nitrogens with one attached hydrogen (secondary N) is 1. The number of carbonyl (C=O) groups excluding carboxylic acids is 3. The van der Waals surface area contributed by atoms with E-state index in [-0.39, 0.29) is 34.3 Å². The molecule has 0 aromatic heterocycles. The number of amides is 3. The van der Waals surface area contributed by atoms with Gasteiger partial charge in [-0.1, -0.05) is 46.9 Å². The highest BCUT2D eigenvalue weighted by Crippen LogP contribution is 2.31. The van der Waals surface area contributed by atoms with Gasteiger partial charge in [0.05, 0.1) is 21.2 Å². The van der Waals surface area contributed by atoms with Gasteiger partial charge in [0.25, 0.3) is 11.8 Å². The van der Waals surface area contributed by atoms with Crippen molar-refractivity contribution in [2.24, 2.45) is 0 Å². The Balaban J connectivity index is 1.67. The van der Waals surface area contributed by atoms with Crippen LogP contribution in [0.2, 0.25) is 15.1 Å². The van der Waals surface area contributed by atoms with Crippen LogP contribution in [0.4, 0.5) is 0 Å². The predicted octanol–water partition coefficient (Wildman–Crippen LogP) is 3.56. The van der Waals surface area contributed by atoms with Crippen LogP contribution in [-0.2, 0) is 11.3 Å². The Hall–Kier alpha value is -2.08. The minimum Gasteiger partial charge on any atom is -0.350 e. The Morgan fingerprint density at radius 3 is 1.96 bits per heavy atom. The maximum absolute atomic E-state index is 12.3. The summed E-state index contributed by atoms with van der Waals surface area (Å²) >= 11 is 17.6. The number of hydrogen-bond donors (Lipinski definition) is 1. The summed E-state index contributed by atoms with van der Waals surface area (Å²) in [6.07, 6.45) is 0. The van der Waals surface area contributed by atoms with E-state index in [9.17, 15) is 14.4 Å². The van der Waals surface area contributed by atoms with E-state index in [2.05, 4.69) is 5.32 Å². The number of carbonyl (C=O) groups is 3. The van der Waals surface area contributed by atoms with Gasteiger partial charge in [-0.2, -0.15) is 0 Å². The van der Waals surface area contributed by atoms with Gasteiger partial charge in [0.1, 0.15) is 6.54 Å².